The van der Waals surface area contributed by atoms with Crippen LogP contribution in [0.5, 0.6) is 11.5 Å². The number of fused-ring (bicyclic) bond motifs is 12. The van der Waals surface area contributed by atoms with Gasteiger partial charge in [0.1, 0.15) is 11.5 Å². The molecule has 13 rings (SSSR count). The minimum absolute atomic E-state index is 0.744. The molecule has 2 heterocycles. The van der Waals surface area contributed by atoms with Gasteiger partial charge in [0.25, 0.3) is 0 Å². The predicted molar refractivity (Wildman–Crippen MR) is 333 cm³/mol. The molecule has 0 saturated carbocycles. The number of methoxy groups -OCH3 is 2. The van der Waals surface area contributed by atoms with Crippen molar-refractivity contribution in [3.63, 3.8) is 0 Å². The highest BCUT2D eigenvalue weighted by atomic mass is 32.2. The van der Waals surface area contributed by atoms with E-state index >= 15 is 0 Å². The monoisotopic (exact) mass is 1050 g/mol. The van der Waals surface area contributed by atoms with Crippen LogP contribution in [0, 0.1) is 0 Å². The first-order valence-corrected chi connectivity index (χ1v) is 29.3. The van der Waals surface area contributed by atoms with Crippen molar-refractivity contribution in [2.45, 2.75) is 49.6 Å². The maximum Gasteiger partial charge on any atom is 0.119 e. The molecule has 1 aliphatic carbocycles. The summed E-state index contributed by atoms with van der Waals surface area (Å²) in [5.41, 5.74) is 21.5. The van der Waals surface area contributed by atoms with Crippen LogP contribution in [0.4, 0.5) is 34.1 Å². The van der Waals surface area contributed by atoms with Crippen molar-refractivity contribution in [1.29, 1.82) is 0 Å². The van der Waals surface area contributed by atoms with Gasteiger partial charge in [-0.3, -0.25) is 0 Å². The molecule has 0 amide bonds. The molecule has 12 aromatic rings. The fourth-order valence-electron chi connectivity index (χ4n) is 12.2. The topological polar surface area (TPSA) is 34.8 Å². The molecule has 0 bridgehead atoms. The lowest BCUT2D eigenvalue weighted by Crippen LogP contribution is -2.12. The number of anilines is 6. The fourth-order valence-corrected chi connectivity index (χ4v) is 13.1. The van der Waals surface area contributed by atoms with E-state index in [1.54, 1.807) is 37.7 Å². The second kappa shape index (κ2) is 20.6. The van der Waals surface area contributed by atoms with Crippen molar-refractivity contribution in [1.82, 2.24) is 9.13 Å². The lowest BCUT2D eigenvalue weighted by atomic mass is 9.83. The van der Waals surface area contributed by atoms with Gasteiger partial charge in [-0.1, -0.05) is 84.9 Å². The summed E-state index contributed by atoms with van der Waals surface area (Å²) in [5, 5.41) is 5.08. The fraction of sp³-hybridized carbons (Fsp3) is 0.143. The van der Waals surface area contributed by atoms with Crippen LogP contribution in [0.3, 0.4) is 0 Å². The van der Waals surface area contributed by atoms with Gasteiger partial charge in [0, 0.05) is 78.5 Å². The summed E-state index contributed by atoms with van der Waals surface area (Å²) < 4.78 is 16.3. The highest BCUT2D eigenvalue weighted by Crippen LogP contribution is 2.46. The van der Waals surface area contributed by atoms with Crippen LogP contribution >= 0.6 is 23.5 Å². The lowest BCUT2D eigenvalue weighted by Gasteiger charge is -2.29. The van der Waals surface area contributed by atoms with Crippen molar-refractivity contribution in [3.05, 3.63) is 229 Å². The average Bonchev–Trinajstić information content (AvgIpc) is 4.05. The largest absolute Gasteiger partial charge is 0.497 e. The number of rotatable bonds is 12. The molecule has 6 nitrogen and oxygen atoms in total. The summed E-state index contributed by atoms with van der Waals surface area (Å²) in [6.45, 7) is 6.23. The number of hydrogen-bond donors (Lipinski definition) is 0. The van der Waals surface area contributed by atoms with Crippen LogP contribution in [-0.4, -0.2) is 35.9 Å². The number of hydrogen-bond acceptors (Lipinski definition) is 6. The molecule has 0 aliphatic heterocycles. The molecule has 0 saturated heterocycles. The van der Waals surface area contributed by atoms with Crippen LogP contribution < -0.4 is 19.3 Å². The number of ether oxygens (including phenoxy) is 2. The maximum absolute atomic E-state index is 5.71. The van der Waals surface area contributed by atoms with Crippen LogP contribution in [-0.2, 0) is 25.9 Å². The van der Waals surface area contributed by atoms with Gasteiger partial charge in [0.15, 0.2) is 0 Å². The average molecular weight is 1050 g/mol. The van der Waals surface area contributed by atoms with Gasteiger partial charge >= 0.3 is 0 Å². The number of benzene rings is 10. The number of aromatic nitrogens is 2. The third-order valence-electron chi connectivity index (χ3n) is 16.0. The minimum Gasteiger partial charge on any atom is -0.497 e. The van der Waals surface area contributed by atoms with Crippen molar-refractivity contribution in [2.24, 2.45) is 0 Å². The Kier molecular flexibility index (Phi) is 13.0. The van der Waals surface area contributed by atoms with Gasteiger partial charge in [0.2, 0.25) is 0 Å². The second-order valence-electron chi connectivity index (χ2n) is 20.1. The molecule has 0 radical (unpaired) electrons. The summed E-state index contributed by atoms with van der Waals surface area (Å²) in [4.78, 5) is 7.36. The SMILES string of the molecule is CCn1c2cc(SC)ccc2c2ccc(N(c3ccc(OC)cc3)c3ccc4c(c3)Cc3ccccc3-c3ccccc3Cc3cc(N(c5ccc(OC)cc5)c5ccc6c7ccc(SC)cc7n(CC)c6c5)ccc3-4)cc21. The zero-order chi connectivity index (χ0) is 53.0. The smallest absolute Gasteiger partial charge is 0.119 e. The molecule has 10 aromatic carbocycles. The Morgan fingerprint density at radius 1 is 0.359 bits per heavy atom. The van der Waals surface area contributed by atoms with Gasteiger partial charge in [-0.2, -0.15) is 0 Å². The van der Waals surface area contributed by atoms with Crippen molar-refractivity contribution < 1.29 is 9.47 Å². The summed E-state index contributed by atoms with van der Waals surface area (Å²) in [7, 11) is 3.46. The number of aryl methyl sites for hydroxylation is 2. The molecule has 2 aromatic heterocycles. The first-order chi connectivity index (χ1) is 38.4. The van der Waals surface area contributed by atoms with Crippen LogP contribution in [0.15, 0.2) is 216 Å². The molecule has 8 heteroatoms. The third kappa shape index (κ3) is 8.55. The quantitative estimate of drug-likeness (QED) is 0.113. The van der Waals surface area contributed by atoms with Crippen molar-refractivity contribution in [2.75, 3.05) is 36.5 Å². The van der Waals surface area contributed by atoms with Gasteiger partial charge in [0.05, 0.1) is 36.3 Å². The van der Waals surface area contributed by atoms with E-state index in [9.17, 15) is 0 Å². The Balaban J connectivity index is 1.01. The Morgan fingerprint density at radius 3 is 1.08 bits per heavy atom. The normalized spacial score (nSPS) is 12.1. The first kappa shape index (κ1) is 49.3. The summed E-state index contributed by atoms with van der Waals surface area (Å²) in [5.74, 6) is 1.64. The van der Waals surface area contributed by atoms with E-state index in [1.165, 1.54) is 97.9 Å². The standard InChI is InChI=1S/C70H60N4O2S2/c1-7-71-67-41-53(23-33-63(67)65-35-29-57(77-5)43-69(65)71)73(49-17-25-55(75-3)26-18-49)51-21-31-61-47(39-51)37-45-13-9-11-15-59(45)60-16-12-10-14-46(60)38-48-40-52(22-32-62(48)61)74(50-19-27-56(76-4)28-20-50)54-24-34-64-66-36-30-58(78-6)44-70(66)72(8-2)68(64)42-54/h9-36,39-44H,7-8,37-38H2,1-6H3. The molecule has 0 fully saturated rings. The minimum atomic E-state index is 0.744. The van der Waals surface area contributed by atoms with E-state index in [2.05, 4.69) is 252 Å². The highest BCUT2D eigenvalue weighted by molar-refractivity contribution is 7.98. The van der Waals surface area contributed by atoms with Crippen molar-refractivity contribution >= 4 is 101 Å². The van der Waals surface area contributed by atoms with Crippen LogP contribution in [0.2, 0.25) is 0 Å². The second-order valence-corrected chi connectivity index (χ2v) is 21.8. The van der Waals surface area contributed by atoms with E-state index < -0.39 is 0 Å². The maximum atomic E-state index is 5.71. The Morgan fingerprint density at radius 2 is 0.692 bits per heavy atom. The van der Waals surface area contributed by atoms with Gasteiger partial charge < -0.3 is 28.4 Å². The highest BCUT2D eigenvalue weighted by Gasteiger charge is 2.24. The van der Waals surface area contributed by atoms with Crippen LogP contribution in [0.25, 0.3) is 65.9 Å². The van der Waals surface area contributed by atoms with E-state index in [0.717, 1.165) is 71.6 Å². The van der Waals surface area contributed by atoms with Gasteiger partial charge in [-0.25, -0.2) is 0 Å². The Labute approximate surface area is 465 Å². The lowest BCUT2D eigenvalue weighted by molar-refractivity contribution is 0.414. The first-order valence-electron chi connectivity index (χ1n) is 26.9. The molecule has 78 heavy (non-hydrogen) atoms. The van der Waals surface area contributed by atoms with E-state index in [4.69, 9.17) is 9.47 Å². The van der Waals surface area contributed by atoms with Gasteiger partial charge in [-0.05, 0) is 205 Å². The van der Waals surface area contributed by atoms with E-state index in [-0.39, 0.29) is 0 Å². The molecule has 0 unspecified atom stereocenters. The molecular formula is C70H60N4O2S2. The summed E-state index contributed by atoms with van der Waals surface area (Å²) in [6, 6.07) is 77.0. The zero-order valence-corrected chi connectivity index (χ0v) is 46.5. The Hall–Kier alpha value is -8.30. The summed E-state index contributed by atoms with van der Waals surface area (Å²) in [6.07, 6.45) is 5.79. The van der Waals surface area contributed by atoms with E-state index in [1.807, 2.05) is 0 Å². The van der Waals surface area contributed by atoms with E-state index in [0.29, 0.717) is 0 Å². The molecule has 0 atom stereocenters. The number of thioether (sulfide) groups is 2. The van der Waals surface area contributed by atoms with Gasteiger partial charge in [-0.15, -0.1) is 23.5 Å². The molecule has 0 N–H and O–H groups in total. The number of nitrogens with zero attached hydrogens (tertiary/aromatic N) is 4. The molecule has 0 spiro atoms. The van der Waals surface area contributed by atoms with Crippen LogP contribution in [0.1, 0.15) is 36.1 Å². The molecule has 1 aliphatic rings. The Bertz CT molecular complexity index is 3980. The zero-order valence-electron chi connectivity index (χ0n) is 44.9. The van der Waals surface area contributed by atoms with Crippen molar-refractivity contribution in [3.8, 4) is 33.8 Å². The summed E-state index contributed by atoms with van der Waals surface area (Å²) >= 11 is 3.57. The molecular weight excluding hydrogens is 993 g/mol. The third-order valence-corrected chi connectivity index (χ3v) is 17.4. The molecule has 384 valence electrons. The predicted octanol–water partition coefficient (Wildman–Crippen LogP) is 19.2.